The summed E-state index contributed by atoms with van der Waals surface area (Å²) in [6.45, 7) is 0.0276. The van der Waals surface area contributed by atoms with Crippen LogP contribution in [-0.2, 0) is 22.4 Å². The summed E-state index contributed by atoms with van der Waals surface area (Å²) in [5.74, 6) is -0.140. The molecule has 18 heavy (non-hydrogen) atoms. The van der Waals surface area contributed by atoms with Crippen LogP contribution in [-0.4, -0.2) is 18.4 Å². The van der Waals surface area contributed by atoms with Crippen LogP contribution in [0.15, 0.2) is 18.2 Å². The van der Waals surface area contributed by atoms with Crippen molar-refractivity contribution in [2.24, 2.45) is 0 Å². The van der Waals surface area contributed by atoms with Crippen LogP contribution in [0.2, 0.25) is 0 Å². The van der Waals surface area contributed by atoms with Crippen molar-refractivity contribution < 1.29 is 9.59 Å². The van der Waals surface area contributed by atoms with Crippen molar-refractivity contribution in [1.29, 1.82) is 5.26 Å². The highest BCUT2D eigenvalue weighted by atomic mass is 16.2. The van der Waals surface area contributed by atoms with E-state index in [1.54, 1.807) is 0 Å². The molecule has 1 aromatic rings. The Morgan fingerprint density at radius 2 is 2.28 bits per heavy atom. The van der Waals surface area contributed by atoms with Gasteiger partial charge in [0.2, 0.25) is 11.8 Å². The minimum atomic E-state index is -0.170. The molecular weight excluding hydrogens is 230 g/mol. The summed E-state index contributed by atoms with van der Waals surface area (Å²) in [7, 11) is 0. The summed E-state index contributed by atoms with van der Waals surface area (Å²) in [5, 5.41) is 13.6. The van der Waals surface area contributed by atoms with Gasteiger partial charge in [-0.1, -0.05) is 12.1 Å². The van der Waals surface area contributed by atoms with E-state index in [0.717, 1.165) is 16.8 Å². The van der Waals surface area contributed by atoms with E-state index in [0.29, 0.717) is 12.8 Å². The maximum absolute atomic E-state index is 11.5. The summed E-state index contributed by atoms with van der Waals surface area (Å²) < 4.78 is 0. The van der Waals surface area contributed by atoms with Gasteiger partial charge in [0.1, 0.15) is 6.54 Å². The van der Waals surface area contributed by atoms with Gasteiger partial charge in [0.15, 0.2) is 0 Å². The smallest absolute Gasteiger partial charge is 0.225 e. The molecule has 2 N–H and O–H groups in total. The molecule has 5 nitrogen and oxygen atoms in total. The monoisotopic (exact) mass is 243 g/mol. The third kappa shape index (κ3) is 2.86. The molecule has 0 fully saturated rings. The highest BCUT2D eigenvalue weighted by molar-refractivity contribution is 5.94. The fourth-order valence-electron chi connectivity index (χ4n) is 1.93. The van der Waals surface area contributed by atoms with Gasteiger partial charge in [0, 0.05) is 12.1 Å². The number of nitriles is 1. The lowest BCUT2D eigenvalue weighted by Crippen LogP contribution is -2.25. The number of nitrogens with zero attached hydrogens (tertiary/aromatic N) is 1. The molecule has 0 radical (unpaired) electrons. The Hall–Kier alpha value is -2.35. The van der Waals surface area contributed by atoms with Gasteiger partial charge in [-0.3, -0.25) is 9.59 Å². The van der Waals surface area contributed by atoms with Gasteiger partial charge in [-0.2, -0.15) is 5.26 Å². The summed E-state index contributed by atoms with van der Waals surface area (Å²) in [5.41, 5.74) is 2.77. The fraction of sp³-hybridized carbons (Fsp3) is 0.308. The van der Waals surface area contributed by atoms with Crippen LogP contribution in [0.5, 0.6) is 0 Å². The highest BCUT2D eigenvalue weighted by Crippen LogP contribution is 2.23. The first-order valence-electron chi connectivity index (χ1n) is 5.74. The topological polar surface area (TPSA) is 82.0 Å². The largest absolute Gasteiger partial charge is 0.343 e. The van der Waals surface area contributed by atoms with Crippen molar-refractivity contribution in [2.75, 3.05) is 11.9 Å². The molecule has 1 aromatic carbocycles. The SMILES string of the molecule is N#CCNC(=O)Cc1ccc2c(c1)CCC(=O)N2. The molecule has 1 heterocycles. The Kier molecular flexibility index (Phi) is 3.58. The zero-order valence-electron chi connectivity index (χ0n) is 9.82. The van der Waals surface area contributed by atoms with Crippen LogP contribution in [0.1, 0.15) is 17.5 Å². The second kappa shape index (κ2) is 5.32. The lowest BCUT2D eigenvalue weighted by molar-refractivity contribution is -0.120. The fourth-order valence-corrected chi connectivity index (χ4v) is 1.93. The van der Waals surface area contributed by atoms with Crippen LogP contribution >= 0.6 is 0 Å². The second-order valence-electron chi connectivity index (χ2n) is 4.15. The van der Waals surface area contributed by atoms with E-state index in [1.165, 1.54) is 0 Å². The molecule has 0 spiro atoms. The molecular formula is C13H13N3O2. The van der Waals surface area contributed by atoms with E-state index >= 15 is 0 Å². The molecule has 0 unspecified atom stereocenters. The highest BCUT2D eigenvalue weighted by Gasteiger charge is 2.15. The first-order chi connectivity index (χ1) is 8.69. The molecule has 92 valence electrons. The maximum Gasteiger partial charge on any atom is 0.225 e. The van der Waals surface area contributed by atoms with Crippen molar-refractivity contribution in [1.82, 2.24) is 5.32 Å². The van der Waals surface area contributed by atoms with E-state index in [4.69, 9.17) is 5.26 Å². The number of aryl methyl sites for hydroxylation is 1. The molecule has 0 saturated carbocycles. The average Bonchev–Trinajstić information content (AvgIpc) is 2.36. The van der Waals surface area contributed by atoms with Crippen molar-refractivity contribution in [2.45, 2.75) is 19.3 Å². The normalized spacial score (nSPS) is 13.2. The third-order valence-electron chi connectivity index (χ3n) is 2.79. The van der Waals surface area contributed by atoms with Crippen LogP contribution < -0.4 is 10.6 Å². The Morgan fingerprint density at radius 3 is 3.06 bits per heavy atom. The van der Waals surface area contributed by atoms with Gasteiger partial charge in [-0.05, 0) is 23.6 Å². The molecule has 5 heteroatoms. The number of rotatable bonds is 3. The first-order valence-corrected chi connectivity index (χ1v) is 5.74. The van der Waals surface area contributed by atoms with Gasteiger partial charge >= 0.3 is 0 Å². The summed E-state index contributed by atoms with van der Waals surface area (Å²) in [6.07, 6.45) is 1.44. The van der Waals surface area contributed by atoms with E-state index in [2.05, 4.69) is 10.6 Å². The van der Waals surface area contributed by atoms with Crippen LogP contribution in [0.3, 0.4) is 0 Å². The predicted octanol–water partition coefficient (Wildman–Crippen LogP) is 0.754. The zero-order valence-corrected chi connectivity index (χ0v) is 9.82. The number of benzene rings is 1. The summed E-state index contributed by atoms with van der Waals surface area (Å²) in [4.78, 5) is 22.7. The molecule has 2 amide bonds. The Bertz CT molecular complexity index is 532. The minimum Gasteiger partial charge on any atom is -0.343 e. The number of amides is 2. The third-order valence-corrected chi connectivity index (χ3v) is 2.79. The van der Waals surface area contributed by atoms with E-state index in [9.17, 15) is 9.59 Å². The lowest BCUT2D eigenvalue weighted by Gasteiger charge is -2.17. The molecule has 0 bridgehead atoms. The number of hydrogen-bond acceptors (Lipinski definition) is 3. The molecule has 0 aliphatic carbocycles. The first kappa shape index (κ1) is 12.1. The van der Waals surface area contributed by atoms with Crippen LogP contribution in [0.4, 0.5) is 5.69 Å². The van der Waals surface area contributed by atoms with Crippen molar-refractivity contribution in [3.63, 3.8) is 0 Å². The van der Waals surface area contributed by atoms with E-state index in [1.807, 2.05) is 24.3 Å². The number of hydrogen-bond donors (Lipinski definition) is 2. The van der Waals surface area contributed by atoms with E-state index < -0.39 is 0 Å². The summed E-state index contributed by atoms with van der Waals surface area (Å²) in [6, 6.07) is 7.43. The number of carbonyl (C=O) groups is 2. The quantitative estimate of drug-likeness (QED) is 0.769. The van der Waals surface area contributed by atoms with Crippen molar-refractivity contribution in [3.8, 4) is 6.07 Å². The number of fused-ring (bicyclic) bond motifs is 1. The number of nitrogens with one attached hydrogen (secondary N) is 2. The Balaban J connectivity index is 2.05. The van der Waals surface area contributed by atoms with Crippen molar-refractivity contribution in [3.05, 3.63) is 29.3 Å². The molecule has 0 saturated heterocycles. The predicted molar refractivity (Wildman–Crippen MR) is 65.7 cm³/mol. The zero-order chi connectivity index (χ0) is 13.0. The van der Waals surface area contributed by atoms with Crippen molar-refractivity contribution >= 4 is 17.5 Å². The van der Waals surface area contributed by atoms with Gasteiger partial charge in [0.05, 0.1) is 12.5 Å². The van der Waals surface area contributed by atoms with Gasteiger partial charge in [-0.25, -0.2) is 0 Å². The summed E-state index contributed by atoms with van der Waals surface area (Å²) >= 11 is 0. The average molecular weight is 243 g/mol. The van der Waals surface area contributed by atoms with E-state index in [-0.39, 0.29) is 24.8 Å². The maximum atomic E-state index is 11.5. The molecule has 0 aromatic heterocycles. The number of carbonyl (C=O) groups excluding carboxylic acids is 2. The van der Waals surface area contributed by atoms with Gasteiger partial charge in [-0.15, -0.1) is 0 Å². The van der Waals surface area contributed by atoms with Gasteiger partial charge < -0.3 is 10.6 Å². The standard InChI is InChI=1S/C13H13N3O2/c14-5-6-15-13(18)8-9-1-3-11-10(7-9)2-4-12(17)16-11/h1,3,7H,2,4,6,8H2,(H,15,18)(H,16,17). The molecule has 0 atom stereocenters. The van der Waals surface area contributed by atoms with Crippen LogP contribution in [0, 0.1) is 11.3 Å². The minimum absolute atomic E-state index is 0.0276. The lowest BCUT2D eigenvalue weighted by atomic mass is 9.99. The number of anilines is 1. The second-order valence-corrected chi connectivity index (χ2v) is 4.15. The van der Waals surface area contributed by atoms with Gasteiger partial charge in [0.25, 0.3) is 0 Å². The molecule has 1 aliphatic rings. The Morgan fingerprint density at radius 1 is 1.44 bits per heavy atom. The molecule has 1 aliphatic heterocycles. The Labute approximate surface area is 105 Å². The van der Waals surface area contributed by atoms with Crippen LogP contribution in [0.25, 0.3) is 0 Å². The molecule has 2 rings (SSSR count).